The highest BCUT2D eigenvalue weighted by molar-refractivity contribution is 6.61. The second-order valence-corrected chi connectivity index (χ2v) is 5.03. The van der Waals surface area contributed by atoms with Crippen molar-refractivity contribution in [3.8, 4) is 0 Å². The summed E-state index contributed by atoms with van der Waals surface area (Å²) in [5.41, 5.74) is -0.958. The Balaban J connectivity index is 2.32. The van der Waals surface area contributed by atoms with E-state index in [1.54, 1.807) is 0 Å². The van der Waals surface area contributed by atoms with Gasteiger partial charge in [-0.05, 0) is 34.1 Å². The van der Waals surface area contributed by atoms with Crippen molar-refractivity contribution in [1.82, 2.24) is 9.55 Å². The molecule has 0 saturated carbocycles. The zero-order chi connectivity index (χ0) is 18.8. The highest BCUT2D eigenvalue weighted by Gasteiger charge is 2.52. The van der Waals surface area contributed by atoms with Gasteiger partial charge in [0.05, 0.1) is 23.1 Å². The minimum atomic E-state index is -3.13. The molecule has 1 aliphatic heterocycles. The van der Waals surface area contributed by atoms with Crippen molar-refractivity contribution in [2.24, 2.45) is 0 Å². The van der Waals surface area contributed by atoms with Crippen LogP contribution in [0.4, 0.5) is 0 Å². The first-order valence-electron chi connectivity index (χ1n) is 8.93. The topological polar surface area (TPSA) is 36.3 Å². The number of hydrogen-bond acceptors (Lipinski definition) is 3. The first-order valence-corrected chi connectivity index (χ1v) is 5.43. The highest BCUT2D eigenvalue weighted by Crippen LogP contribution is 2.36. The summed E-state index contributed by atoms with van der Waals surface area (Å²) in [6.07, 6.45) is -0.844. The van der Waals surface area contributed by atoms with Crippen LogP contribution in [0.25, 0.3) is 0 Å². The lowest BCUT2D eigenvalue weighted by molar-refractivity contribution is 0.00578. The molecule has 1 aromatic rings. The van der Waals surface area contributed by atoms with Gasteiger partial charge in [0.25, 0.3) is 0 Å². The van der Waals surface area contributed by atoms with Crippen LogP contribution in [0.15, 0.2) is 12.5 Å². The summed E-state index contributed by atoms with van der Waals surface area (Å²) in [6.45, 7) is 1.47. The molecule has 0 aliphatic carbocycles. The Hall–Kier alpha value is -0.805. The van der Waals surface area contributed by atoms with Crippen molar-refractivity contribution in [2.45, 2.75) is 58.6 Å². The van der Waals surface area contributed by atoms with E-state index in [2.05, 4.69) is 4.98 Å². The fraction of sp³-hybridized carbons (Fsp3) is 0.750. The molecule has 1 aromatic heterocycles. The number of imidazole rings is 1. The zero-order valence-electron chi connectivity index (χ0n) is 17.4. The van der Waals surface area contributed by atoms with Crippen LogP contribution in [-0.2, 0) is 15.8 Å². The molecule has 17 heavy (non-hydrogen) atoms. The van der Waals surface area contributed by atoms with Crippen LogP contribution in [0.1, 0.15) is 50.5 Å². The van der Waals surface area contributed by atoms with E-state index in [0.29, 0.717) is 0 Å². The van der Waals surface area contributed by atoms with Crippen LogP contribution in [0.2, 0.25) is 0 Å². The largest absolute Gasteiger partial charge is 0.516 e. The fourth-order valence-electron chi connectivity index (χ4n) is 1.55. The van der Waals surface area contributed by atoms with Crippen LogP contribution in [0, 0.1) is 0 Å². The molecule has 2 heterocycles. The van der Waals surface area contributed by atoms with Crippen molar-refractivity contribution in [1.29, 1.82) is 0 Å². The van der Waals surface area contributed by atoms with E-state index in [-0.39, 0.29) is 5.59 Å². The molecule has 0 radical (unpaired) electrons. The Morgan fingerprint density at radius 1 is 1.41 bits per heavy atom. The molecule has 0 spiro atoms. The molecule has 0 amide bonds. The van der Waals surface area contributed by atoms with Gasteiger partial charge in [-0.2, -0.15) is 0 Å². The van der Waals surface area contributed by atoms with E-state index >= 15 is 0 Å². The Morgan fingerprint density at radius 3 is 2.65 bits per heavy atom. The van der Waals surface area contributed by atoms with Gasteiger partial charge in [-0.3, -0.25) is 0 Å². The Kier molecular flexibility index (Phi) is 1.56. The van der Waals surface area contributed by atoms with Crippen LogP contribution < -0.4 is 5.59 Å². The lowest BCUT2D eigenvalue weighted by Crippen LogP contribution is -2.41. The molecule has 2 rings (SSSR count). The number of nitrogens with zero attached hydrogens (tertiary/aromatic N) is 2. The normalized spacial score (nSPS) is 30.6. The number of rotatable bonds is 3. The van der Waals surface area contributed by atoms with Crippen LogP contribution >= 0.6 is 0 Å². The van der Waals surface area contributed by atoms with Crippen molar-refractivity contribution in [3.05, 3.63) is 12.5 Å². The number of aromatic nitrogens is 2. The Bertz CT molecular complexity index is 611. The minimum Gasteiger partial charge on any atom is -0.398 e. The first kappa shape index (κ1) is 6.39. The fourth-order valence-corrected chi connectivity index (χ4v) is 1.55. The van der Waals surface area contributed by atoms with Crippen LogP contribution in [0.5, 0.6) is 0 Å². The summed E-state index contributed by atoms with van der Waals surface area (Å²) in [5.74, 6) is 0. The predicted molar refractivity (Wildman–Crippen MR) is 68.2 cm³/mol. The van der Waals surface area contributed by atoms with Crippen molar-refractivity contribution in [3.63, 3.8) is 0 Å². The van der Waals surface area contributed by atoms with Crippen molar-refractivity contribution in [2.75, 3.05) is 0 Å². The summed E-state index contributed by atoms with van der Waals surface area (Å²) in [6, 6.07) is 0. The summed E-state index contributed by atoms with van der Waals surface area (Å²) < 4.78 is 65.4. The molecule has 1 fully saturated rings. The second-order valence-electron chi connectivity index (χ2n) is 5.03. The summed E-state index contributed by atoms with van der Waals surface area (Å²) >= 11 is 0. The quantitative estimate of drug-likeness (QED) is 0.756. The van der Waals surface area contributed by atoms with Crippen molar-refractivity contribution < 1.29 is 18.9 Å². The molecule has 0 N–H and O–H groups in total. The third-order valence-electron chi connectivity index (χ3n) is 3.28. The van der Waals surface area contributed by atoms with Crippen LogP contribution in [0.3, 0.4) is 0 Å². The Labute approximate surface area is 113 Å². The summed E-state index contributed by atoms with van der Waals surface area (Å²) in [7, 11) is -0.842. The molecule has 0 unspecified atom stereocenters. The SMILES string of the molecule is [2H]C([2H])([2H])C([2H])([2H])C([2H])([2H])n1cnc(B2OC(C)(C)C(C)(C)O2)c1. The van der Waals surface area contributed by atoms with E-state index in [4.69, 9.17) is 18.9 Å². The highest BCUT2D eigenvalue weighted by atomic mass is 16.7. The van der Waals surface area contributed by atoms with Gasteiger partial charge in [-0.15, -0.1) is 0 Å². The smallest absolute Gasteiger partial charge is 0.398 e. The average Bonchev–Trinajstić information content (AvgIpc) is 2.92. The molecule has 1 saturated heterocycles. The molecular formula is C12H21BN2O2. The summed E-state index contributed by atoms with van der Waals surface area (Å²) in [4.78, 5) is 4.01. The maximum Gasteiger partial charge on any atom is 0.516 e. The van der Waals surface area contributed by atoms with E-state index in [1.165, 1.54) is 6.20 Å². The first-order chi connectivity index (χ1) is 10.5. The lowest BCUT2D eigenvalue weighted by atomic mass is 9.86. The van der Waals surface area contributed by atoms with Crippen LogP contribution in [-0.4, -0.2) is 27.9 Å². The van der Waals surface area contributed by atoms with Gasteiger partial charge >= 0.3 is 7.12 Å². The molecule has 0 bridgehead atoms. The van der Waals surface area contributed by atoms with Gasteiger partial charge in [0.15, 0.2) is 0 Å². The van der Waals surface area contributed by atoms with Gasteiger partial charge in [0.1, 0.15) is 0 Å². The number of hydrogen-bond donors (Lipinski definition) is 0. The third kappa shape index (κ3) is 2.26. The minimum absolute atomic E-state index is 0.249. The third-order valence-corrected chi connectivity index (χ3v) is 3.28. The lowest BCUT2D eigenvalue weighted by Gasteiger charge is -2.32. The standard InChI is InChI=1S/C12H21BN2O2/c1-6-7-15-8-10(14-9-15)13-16-11(2,3)12(4,5)17-13/h8-9H,6-7H2,1-5H3/i1D3,6D2,7D2. The maximum absolute atomic E-state index is 7.94. The van der Waals surface area contributed by atoms with Gasteiger partial charge in [0.2, 0.25) is 0 Å². The van der Waals surface area contributed by atoms with E-state index in [9.17, 15) is 0 Å². The maximum atomic E-state index is 7.94. The van der Waals surface area contributed by atoms with Gasteiger partial charge in [-0.25, -0.2) is 4.98 Å². The molecule has 4 nitrogen and oxygen atoms in total. The zero-order valence-corrected chi connectivity index (χ0v) is 10.4. The van der Waals surface area contributed by atoms with E-state index in [0.717, 1.165) is 10.9 Å². The van der Waals surface area contributed by atoms with Gasteiger partial charge in [0, 0.05) is 22.3 Å². The molecule has 0 aromatic carbocycles. The van der Waals surface area contributed by atoms with Gasteiger partial charge < -0.3 is 13.9 Å². The molecule has 1 aliphatic rings. The predicted octanol–water partition coefficient (Wildman–Crippen LogP) is 1.59. The summed E-state index contributed by atoms with van der Waals surface area (Å²) in [5, 5.41) is 0. The molecule has 94 valence electrons. The monoisotopic (exact) mass is 243 g/mol. The van der Waals surface area contributed by atoms with Gasteiger partial charge in [-0.1, -0.05) is 6.85 Å². The Morgan fingerprint density at radius 2 is 2.06 bits per heavy atom. The molecule has 0 atom stereocenters. The number of aryl methyl sites for hydroxylation is 1. The molecule has 5 heteroatoms. The van der Waals surface area contributed by atoms with E-state index < -0.39 is 38.0 Å². The second kappa shape index (κ2) is 4.14. The van der Waals surface area contributed by atoms with Crippen molar-refractivity contribution >= 4 is 12.7 Å². The molecular weight excluding hydrogens is 215 g/mol. The van der Waals surface area contributed by atoms with E-state index in [1.807, 2.05) is 27.7 Å². The average molecular weight is 243 g/mol.